The number of alkyl carbamates (subject to hydrolysis) is 1. The highest BCUT2D eigenvalue weighted by Crippen LogP contribution is 2.07. The molecule has 0 saturated heterocycles. The third-order valence-corrected chi connectivity index (χ3v) is 4.74. The zero-order valence-electron chi connectivity index (χ0n) is 17.4. The molecule has 5 N–H and O–H groups in total. The lowest BCUT2D eigenvalue weighted by molar-refractivity contribution is -0.128. The number of ether oxygens (including phenoxy) is 1. The minimum atomic E-state index is -0.969. The molecule has 3 amide bonds. The van der Waals surface area contributed by atoms with Crippen molar-refractivity contribution in [3.63, 3.8) is 0 Å². The molecule has 2 atom stereocenters. The summed E-state index contributed by atoms with van der Waals surface area (Å²) in [5.41, 5.74) is 7.76. The van der Waals surface area contributed by atoms with Crippen molar-refractivity contribution in [3.8, 4) is 0 Å². The van der Waals surface area contributed by atoms with Gasteiger partial charge >= 0.3 is 6.09 Å². The van der Waals surface area contributed by atoms with Gasteiger partial charge in [-0.2, -0.15) is 0 Å². The van der Waals surface area contributed by atoms with Gasteiger partial charge in [0.1, 0.15) is 18.7 Å². The first kappa shape index (κ1) is 22.5. The molecule has 0 unspecified atom stereocenters. The maximum Gasteiger partial charge on any atom is 0.408 e. The number of H-pyrrole nitrogens is 1. The number of hydrogen-bond acceptors (Lipinski definition) is 5. The lowest BCUT2D eigenvalue weighted by Crippen LogP contribution is -2.54. The molecule has 3 rings (SSSR count). The van der Waals surface area contributed by atoms with Gasteiger partial charge in [0.25, 0.3) is 0 Å². The number of nitrogens with one attached hydrogen (secondary N) is 3. The molecule has 166 valence electrons. The van der Waals surface area contributed by atoms with E-state index < -0.39 is 30.0 Å². The van der Waals surface area contributed by atoms with Crippen LogP contribution in [-0.2, 0) is 33.8 Å². The Bertz CT molecular complexity index is 1010. The fourth-order valence-electron chi connectivity index (χ4n) is 3.08. The van der Waals surface area contributed by atoms with Crippen LogP contribution in [0.15, 0.2) is 73.2 Å². The summed E-state index contributed by atoms with van der Waals surface area (Å²) >= 11 is 0. The normalized spacial score (nSPS) is 12.4. The Morgan fingerprint density at radius 3 is 2.16 bits per heavy atom. The van der Waals surface area contributed by atoms with Gasteiger partial charge in [-0.15, -0.1) is 0 Å². The number of benzene rings is 2. The Morgan fingerprint density at radius 1 is 0.906 bits per heavy atom. The van der Waals surface area contributed by atoms with Crippen LogP contribution in [0.5, 0.6) is 0 Å². The van der Waals surface area contributed by atoms with Gasteiger partial charge in [0.05, 0.1) is 6.33 Å². The fourth-order valence-corrected chi connectivity index (χ4v) is 3.08. The first-order chi connectivity index (χ1) is 15.5. The quantitative estimate of drug-likeness (QED) is 0.382. The minimum absolute atomic E-state index is 0.0656. The van der Waals surface area contributed by atoms with Crippen LogP contribution in [0, 0.1) is 0 Å². The van der Waals surface area contributed by atoms with Crippen LogP contribution < -0.4 is 16.4 Å². The maximum atomic E-state index is 13.0. The molecular weight excluding hydrogens is 410 g/mol. The monoisotopic (exact) mass is 435 g/mol. The van der Waals surface area contributed by atoms with E-state index in [0.717, 1.165) is 11.1 Å². The molecule has 32 heavy (non-hydrogen) atoms. The minimum Gasteiger partial charge on any atom is -0.445 e. The largest absolute Gasteiger partial charge is 0.445 e. The summed E-state index contributed by atoms with van der Waals surface area (Å²) in [6.07, 6.45) is 2.63. The second-order valence-corrected chi connectivity index (χ2v) is 7.19. The Kier molecular flexibility index (Phi) is 7.96. The topological polar surface area (TPSA) is 139 Å². The molecule has 0 aliphatic carbocycles. The van der Waals surface area contributed by atoms with Gasteiger partial charge in [0.15, 0.2) is 0 Å². The number of nitrogens with two attached hydrogens (primary N) is 1. The van der Waals surface area contributed by atoms with E-state index in [4.69, 9.17) is 10.5 Å². The third kappa shape index (κ3) is 6.98. The Labute approximate surface area is 185 Å². The summed E-state index contributed by atoms with van der Waals surface area (Å²) in [5.74, 6) is -1.24. The van der Waals surface area contributed by atoms with E-state index in [1.807, 2.05) is 60.7 Å². The molecule has 0 aliphatic rings. The highest BCUT2D eigenvalue weighted by molar-refractivity contribution is 5.91. The summed E-state index contributed by atoms with van der Waals surface area (Å²) in [6.45, 7) is 0.0656. The lowest BCUT2D eigenvalue weighted by Gasteiger charge is -2.22. The average Bonchev–Trinajstić information content (AvgIpc) is 3.31. The number of rotatable bonds is 10. The molecule has 0 fully saturated rings. The Hall–Kier alpha value is -4.14. The van der Waals surface area contributed by atoms with Gasteiger partial charge in [-0.1, -0.05) is 60.7 Å². The molecule has 1 aromatic heterocycles. The van der Waals surface area contributed by atoms with E-state index >= 15 is 0 Å². The van der Waals surface area contributed by atoms with Crippen LogP contribution in [0.25, 0.3) is 0 Å². The second-order valence-electron chi connectivity index (χ2n) is 7.19. The highest BCUT2D eigenvalue weighted by atomic mass is 16.5. The van der Waals surface area contributed by atoms with E-state index in [1.165, 1.54) is 6.33 Å². The third-order valence-electron chi connectivity index (χ3n) is 4.74. The van der Waals surface area contributed by atoms with Crippen LogP contribution in [0.4, 0.5) is 4.79 Å². The van der Waals surface area contributed by atoms with Crippen molar-refractivity contribution in [1.82, 2.24) is 20.6 Å². The molecule has 0 bridgehead atoms. The molecule has 2 aromatic carbocycles. The van der Waals surface area contributed by atoms with Crippen LogP contribution in [0.3, 0.4) is 0 Å². The fraction of sp³-hybridized carbons (Fsp3) is 0.217. The summed E-state index contributed by atoms with van der Waals surface area (Å²) in [7, 11) is 0. The number of carbonyl (C=O) groups excluding carboxylic acids is 3. The van der Waals surface area contributed by atoms with E-state index in [0.29, 0.717) is 5.69 Å². The smallest absolute Gasteiger partial charge is 0.408 e. The first-order valence-electron chi connectivity index (χ1n) is 10.1. The highest BCUT2D eigenvalue weighted by Gasteiger charge is 2.27. The summed E-state index contributed by atoms with van der Waals surface area (Å²) in [5, 5.41) is 5.22. The van der Waals surface area contributed by atoms with Gasteiger partial charge in [0, 0.05) is 24.7 Å². The summed E-state index contributed by atoms with van der Waals surface area (Å²) < 4.78 is 5.25. The maximum absolute atomic E-state index is 13.0. The predicted octanol–water partition coefficient (Wildman–Crippen LogP) is 1.46. The van der Waals surface area contributed by atoms with Crippen LogP contribution in [0.2, 0.25) is 0 Å². The Morgan fingerprint density at radius 2 is 1.56 bits per heavy atom. The van der Waals surface area contributed by atoms with Gasteiger partial charge in [-0.25, -0.2) is 9.78 Å². The number of primary amides is 1. The molecule has 1 heterocycles. The van der Waals surface area contributed by atoms with Crippen LogP contribution >= 0.6 is 0 Å². The van der Waals surface area contributed by atoms with Crippen molar-refractivity contribution in [2.24, 2.45) is 5.73 Å². The first-order valence-corrected chi connectivity index (χ1v) is 10.1. The molecular formula is C23H25N5O4. The summed E-state index contributed by atoms with van der Waals surface area (Å²) in [6, 6.07) is 16.5. The molecule has 0 aliphatic heterocycles. The van der Waals surface area contributed by atoms with Crippen molar-refractivity contribution >= 4 is 17.9 Å². The molecule has 9 heteroatoms. The molecule has 9 nitrogen and oxygen atoms in total. The zero-order valence-corrected chi connectivity index (χ0v) is 17.4. The number of amides is 3. The van der Waals surface area contributed by atoms with Crippen molar-refractivity contribution in [2.75, 3.05) is 0 Å². The number of carbonyl (C=O) groups is 3. The van der Waals surface area contributed by atoms with Crippen molar-refractivity contribution in [2.45, 2.75) is 31.5 Å². The van der Waals surface area contributed by atoms with Gasteiger partial charge in [-0.05, 0) is 11.1 Å². The van der Waals surface area contributed by atoms with Crippen LogP contribution in [-0.4, -0.2) is 40.0 Å². The molecule has 3 aromatic rings. The van der Waals surface area contributed by atoms with Gasteiger partial charge < -0.3 is 26.1 Å². The van der Waals surface area contributed by atoms with Crippen molar-refractivity contribution < 1.29 is 19.1 Å². The number of nitrogens with zero attached hydrogens (tertiary/aromatic N) is 1. The Balaban J connectivity index is 1.67. The SMILES string of the molecule is NC(=O)[C@H](Cc1cnc[nH]1)NC(=O)[C@H](Cc1ccccc1)NC(=O)OCc1ccccc1. The van der Waals surface area contributed by atoms with Gasteiger partial charge in [-0.3, -0.25) is 9.59 Å². The zero-order chi connectivity index (χ0) is 22.8. The number of hydrogen-bond donors (Lipinski definition) is 4. The van der Waals surface area contributed by atoms with E-state index in [2.05, 4.69) is 20.6 Å². The number of imidazole rings is 1. The predicted molar refractivity (Wildman–Crippen MR) is 117 cm³/mol. The van der Waals surface area contributed by atoms with Crippen molar-refractivity contribution in [3.05, 3.63) is 90.0 Å². The van der Waals surface area contributed by atoms with E-state index in [1.54, 1.807) is 6.20 Å². The molecule has 0 saturated carbocycles. The summed E-state index contributed by atoms with van der Waals surface area (Å²) in [4.78, 5) is 44.0. The second kappa shape index (κ2) is 11.3. The molecule has 0 spiro atoms. The number of aromatic nitrogens is 2. The van der Waals surface area contributed by atoms with E-state index in [9.17, 15) is 14.4 Å². The number of aromatic amines is 1. The average molecular weight is 435 g/mol. The lowest BCUT2D eigenvalue weighted by atomic mass is 10.0. The molecule has 0 radical (unpaired) electrons. The standard InChI is InChI=1S/C23H25N5O4/c24-21(29)19(12-18-13-25-15-26-18)27-22(30)20(11-16-7-3-1-4-8-16)28-23(31)32-14-17-9-5-2-6-10-17/h1-10,13,15,19-20H,11-12,14H2,(H2,24,29)(H,25,26)(H,27,30)(H,28,31)/t19-,20-/m0/s1. The van der Waals surface area contributed by atoms with Crippen molar-refractivity contribution in [1.29, 1.82) is 0 Å². The van der Waals surface area contributed by atoms with E-state index in [-0.39, 0.29) is 19.4 Å². The van der Waals surface area contributed by atoms with Crippen LogP contribution in [0.1, 0.15) is 16.8 Å². The van der Waals surface area contributed by atoms with Gasteiger partial charge in [0.2, 0.25) is 11.8 Å².